The molecular formula is C10H15O8PS2. The average Bonchev–Trinajstić information content (AvgIpc) is 2.35. The molecule has 1 aromatic carbocycles. The van der Waals surface area contributed by atoms with Crippen molar-refractivity contribution in [1.29, 1.82) is 0 Å². The molecule has 0 saturated carbocycles. The Morgan fingerprint density at radius 3 is 2.00 bits per heavy atom. The van der Waals surface area contributed by atoms with Crippen LogP contribution in [0.2, 0.25) is 0 Å². The first kappa shape index (κ1) is 18.3. The number of hydrogen-bond donors (Lipinski definition) is 3. The van der Waals surface area contributed by atoms with E-state index >= 15 is 0 Å². The lowest BCUT2D eigenvalue weighted by atomic mass is 10.1. The van der Waals surface area contributed by atoms with Gasteiger partial charge in [-0.1, -0.05) is 31.5 Å². The van der Waals surface area contributed by atoms with Crippen molar-refractivity contribution in [2.24, 2.45) is 0 Å². The molecule has 1 atom stereocenters. The molecule has 21 heavy (non-hydrogen) atoms. The maximum absolute atomic E-state index is 12.4. The van der Waals surface area contributed by atoms with Crippen LogP contribution in [0.1, 0.15) is 31.4 Å². The quantitative estimate of drug-likeness (QED) is 0.506. The second-order valence-corrected chi connectivity index (χ2v) is 14.1. The summed E-state index contributed by atoms with van der Waals surface area (Å²) in [6, 6.07) is 4.60. The number of aliphatic hydroxyl groups is 1. The van der Waals surface area contributed by atoms with Crippen molar-refractivity contribution >= 4 is 30.3 Å². The van der Waals surface area contributed by atoms with Gasteiger partial charge in [0, 0.05) is 0 Å². The fourth-order valence-electron chi connectivity index (χ4n) is 1.82. The molecule has 0 aliphatic rings. The highest BCUT2D eigenvalue weighted by Crippen LogP contribution is 2.56. The highest BCUT2D eigenvalue weighted by atomic mass is 33.1. The fourth-order valence-corrected chi connectivity index (χ4v) is 8.70. The second kappa shape index (κ2) is 6.15. The summed E-state index contributed by atoms with van der Waals surface area (Å²) < 4.78 is 75.7. The summed E-state index contributed by atoms with van der Waals surface area (Å²) in [5.41, 5.74) is -5.90. The predicted molar refractivity (Wildman–Crippen MR) is 76.6 cm³/mol. The fraction of sp³-hybridized carbons (Fsp3) is 0.400. The van der Waals surface area contributed by atoms with Crippen LogP contribution in [0, 0.1) is 0 Å². The highest BCUT2D eigenvalue weighted by molar-refractivity contribution is 8.84. The van der Waals surface area contributed by atoms with E-state index in [0.717, 1.165) is 6.07 Å². The van der Waals surface area contributed by atoms with E-state index in [9.17, 15) is 26.5 Å². The van der Waals surface area contributed by atoms with Gasteiger partial charge in [-0.15, -0.1) is 0 Å². The molecule has 8 nitrogen and oxygen atoms in total. The Kier molecular flexibility index (Phi) is 5.36. The number of rotatable bonds is 6. The van der Waals surface area contributed by atoms with E-state index in [1.165, 1.54) is 18.2 Å². The second-order valence-electron chi connectivity index (χ2n) is 4.26. The maximum Gasteiger partial charge on any atom is 0.384 e. The van der Waals surface area contributed by atoms with Crippen molar-refractivity contribution in [2.75, 3.05) is 0 Å². The Hall–Kier alpha value is -0.770. The van der Waals surface area contributed by atoms with Gasteiger partial charge in [-0.25, -0.2) is 0 Å². The molecule has 1 aromatic rings. The first-order valence-electron chi connectivity index (χ1n) is 5.79. The van der Waals surface area contributed by atoms with Crippen molar-refractivity contribution in [3.05, 3.63) is 29.8 Å². The smallest absolute Gasteiger partial charge is 0.384 e. The first-order chi connectivity index (χ1) is 9.46. The highest BCUT2D eigenvalue weighted by Gasteiger charge is 2.52. The van der Waals surface area contributed by atoms with Crippen LogP contribution in [-0.2, 0) is 24.0 Å². The van der Waals surface area contributed by atoms with Crippen LogP contribution in [-0.4, -0.2) is 31.0 Å². The largest absolute Gasteiger partial charge is 0.388 e. The Morgan fingerprint density at radius 1 is 1.10 bits per heavy atom. The van der Waals surface area contributed by atoms with E-state index in [0.29, 0.717) is 6.42 Å². The van der Waals surface area contributed by atoms with Gasteiger partial charge in [0.25, 0.3) is 0 Å². The summed E-state index contributed by atoms with van der Waals surface area (Å²) in [4.78, 5) is 0. The average molecular weight is 358 g/mol. The maximum atomic E-state index is 12.4. The molecule has 120 valence electrons. The minimum Gasteiger partial charge on any atom is -0.388 e. The zero-order valence-electron chi connectivity index (χ0n) is 10.9. The SMILES string of the molecule is CCCC(O)c1ccccc1P(=O)(S(=O)(=O)O)S(=O)(=O)O. The topological polar surface area (TPSA) is 146 Å². The third kappa shape index (κ3) is 3.36. The molecule has 0 spiro atoms. The molecule has 1 rings (SSSR count). The summed E-state index contributed by atoms with van der Waals surface area (Å²) >= 11 is 0. The molecule has 0 saturated heterocycles. The third-order valence-corrected chi connectivity index (χ3v) is 13.2. The lowest BCUT2D eigenvalue weighted by Gasteiger charge is -2.18. The van der Waals surface area contributed by atoms with Gasteiger partial charge in [0.1, 0.15) is 0 Å². The van der Waals surface area contributed by atoms with E-state index in [1.807, 2.05) is 0 Å². The number of hydrogen-bond acceptors (Lipinski definition) is 6. The molecule has 0 heterocycles. The van der Waals surface area contributed by atoms with Crippen LogP contribution < -0.4 is 5.30 Å². The van der Waals surface area contributed by atoms with Gasteiger partial charge in [-0.05, 0) is 18.1 Å². The van der Waals surface area contributed by atoms with Gasteiger partial charge < -0.3 is 5.11 Å². The Morgan fingerprint density at radius 2 is 1.57 bits per heavy atom. The van der Waals surface area contributed by atoms with Crippen molar-refractivity contribution in [2.45, 2.75) is 25.9 Å². The summed E-state index contributed by atoms with van der Waals surface area (Å²) in [6.07, 6.45) is -0.658. The van der Waals surface area contributed by atoms with Crippen LogP contribution in [0.3, 0.4) is 0 Å². The normalized spacial score (nSPS) is 14.9. The Bertz CT molecular complexity index is 732. The summed E-state index contributed by atoms with van der Waals surface area (Å²) in [5.74, 6) is 0. The van der Waals surface area contributed by atoms with Crippen LogP contribution in [0.5, 0.6) is 0 Å². The number of aliphatic hydroxyl groups excluding tert-OH is 1. The zero-order chi connectivity index (χ0) is 16.5. The van der Waals surface area contributed by atoms with Crippen LogP contribution in [0.4, 0.5) is 0 Å². The standard InChI is InChI=1S/C10H15O8PS2/c1-2-5-9(11)8-6-3-4-7-10(8)19(12,20(13,14)15)21(16,17)18/h3-4,6-7,9,11H,2,5H2,1H3,(H,13,14,15)(H,16,17,18). The van der Waals surface area contributed by atoms with Gasteiger partial charge in [0.2, 0.25) is 0 Å². The van der Waals surface area contributed by atoms with Crippen LogP contribution >= 0.6 is 5.55 Å². The van der Waals surface area contributed by atoms with Crippen LogP contribution in [0.15, 0.2) is 24.3 Å². The van der Waals surface area contributed by atoms with E-state index in [4.69, 9.17) is 9.11 Å². The van der Waals surface area contributed by atoms with Gasteiger partial charge in [0.15, 0.2) is 0 Å². The molecule has 0 amide bonds. The molecule has 0 radical (unpaired) electrons. The molecular weight excluding hydrogens is 343 g/mol. The minimum atomic E-state index is -5.66. The molecule has 0 bridgehead atoms. The van der Waals surface area contributed by atoms with E-state index < -0.39 is 36.4 Å². The Labute approximate surface area is 122 Å². The first-order valence-corrected chi connectivity index (χ1v) is 11.6. The predicted octanol–water partition coefficient (Wildman–Crippen LogP) is 1.11. The van der Waals surface area contributed by atoms with Crippen molar-refractivity contribution in [1.82, 2.24) is 0 Å². The lowest BCUT2D eigenvalue weighted by Crippen LogP contribution is -2.24. The van der Waals surface area contributed by atoms with Crippen LogP contribution in [0.25, 0.3) is 0 Å². The Balaban J connectivity index is 3.76. The molecule has 0 aliphatic heterocycles. The van der Waals surface area contributed by atoms with E-state index in [-0.39, 0.29) is 12.0 Å². The zero-order valence-corrected chi connectivity index (χ0v) is 13.5. The minimum absolute atomic E-state index is 0.147. The third-order valence-electron chi connectivity index (χ3n) is 2.76. The van der Waals surface area contributed by atoms with E-state index in [2.05, 4.69) is 0 Å². The van der Waals surface area contributed by atoms with Gasteiger partial charge >= 0.3 is 25.0 Å². The summed E-state index contributed by atoms with van der Waals surface area (Å²) in [7, 11) is -11.3. The lowest BCUT2D eigenvalue weighted by molar-refractivity contribution is 0.167. The summed E-state index contributed by atoms with van der Waals surface area (Å²) in [6.45, 7) is 1.72. The van der Waals surface area contributed by atoms with Gasteiger partial charge in [-0.3, -0.25) is 13.7 Å². The monoisotopic (exact) mass is 358 g/mol. The molecule has 0 fully saturated rings. The van der Waals surface area contributed by atoms with Crippen molar-refractivity contribution in [3.63, 3.8) is 0 Å². The molecule has 0 aromatic heterocycles. The van der Waals surface area contributed by atoms with Gasteiger partial charge in [0.05, 0.1) is 11.4 Å². The van der Waals surface area contributed by atoms with Crippen molar-refractivity contribution in [3.8, 4) is 0 Å². The molecule has 3 N–H and O–H groups in total. The number of benzene rings is 1. The van der Waals surface area contributed by atoms with Gasteiger partial charge in [-0.2, -0.15) is 16.8 Å². The molecule has 0 aliphatic carbocycles. The molecule has 1 unspecified atom stereocenters. The van der Waals surface area contributed by atoms with E-state index in [1.54, 1.807) is 6.92 Å². The molecule has 11 heteroatoms. The van der Waals surface area contributed by atoms with Crippen molar-refractivity contribution < 1.29 is 35.6 Å². The summed E-state index contributed by atoms with van der Waals surface area (Å²) in [5, 5.41) is 9.10.